The number of allylic oxidation sites excluding steroid dienone is 2. The fourth-order valence-corrected chi connectivity index (χ4v) is 3.65. The molecule has 0 amide bonds. The lowest BCUT2D eigenvalue weighted by Gasteiger charge is -2.32. The van der Waals surface area contributed by atoms with Crippen LogP contribution in [0.1, 0.15) is 58.6 Å². The Bertz CT molecular complexity index is 907. The lowest BCUT2D eigenvalue weighted by Crippen LogP contribution is -2.28. The topological polar surface area (TPSA) is 21.7 Å². The van der Waals surface area contributed by atoms with Crippen LogP contribution in [0, 0.1) is 11.8 Å². The van der Waals surface area contributed by atoms with Gasteiger partial charge in [0.05, 0.1) is 13.2 Å². The Morgan fingerprint density at radius 1 is 0.750 bits per heavy atom. The molecular formula is C29H39NO2. The minimum Gasteiger partial charge on any atom is -0.494 e. The van der Waals surface area contributed by atoms with Crippen molar-refractivity contribution in [1.29, 1.82) is 0 Å². The fraction of sp³-hybridized carbons (Fsp3) is 0.448. The summed E-state index contributed by atoms with van der Waals surface area (Å²) in [6, 6.07) is 17.3. The van der Waals surface area contributed by atoms with E-state index >= 15 is 0 Å². The summed E-state index contributed by atoms with van der Waals surface area (Å²) in [7, 11) is 2.16. The second kappa shape index (κ2) is 11.3. The van der Waals surface area contributed by atoms with Gasteiger partial charge in [-0.15, -0.1) is 0 Å². The number of nitrogens with zero attached hydrogens (tertiary/aromatic N) is 1. The Kier molecular flexibility index (Phi) is 8.44. The first-order valence-electron chi connectivity index (χ1n) is 12.0. The number of likely N-dealkylation sites (N-methyl/N-ethyl adjacent to an activating group) is 1. The molecule has 0 radical (unpaired) electrons. The maximum absolute atomic E-state index is 5.89. The summed E-state index contributed by atoms with van der Waals surface area (Å²) in [5.74, 6) is 3.19. The Hall–Kier alpha value is -2.68. The number of rotatable bonds is 10. The number of hydrogen-bond donors (Lipinski definition) is 0. The zero-order valence-corrected chi connectivity index (χ0v) is 20.6. The van der Waals surface area contributed by atoms with E-state index in [1.807, 2.05) is 0 Å². The van der Waals surface area contributed by atoms with E-state index in [1.165, 1.54) is 22.4 Å². The molecule has 0 aromatic heterocycles. The number of ether oxygens (including phenoxy) is 2. The molecule has 3 rings (SSSR count). The molecule has 0 aliphatic carbocycles. The highest BCUT2D eigenvalue weighted by molar-refractivity contribution is 5.85. The van der Waals surface area contributed by atoms with Crippen LogP contribution in [0.2, 0.25) is 0 Å². The van der Waals surface area contributed by atoms with Crippen molar-refractivity contribution in [1.82, 2.24) is 4.90 Å². The Morgan fingerprint density at radius 3 is 1.69 bits per heavy atom. The molecule has 0 saturated heterocycles. The average Bonchev–Trinajstić information content (AvgIpc) is 2.76. The van der Waals surface area contributed by atoms with E-state index < -0.39 is 0 Å². The van der Waals surface area contributed by atoms with Crippen molar-refractivity contribution in [3.05, 3.63) is 71.8 Å². The van der Waals surface area contributed by atoms with E-state index in [0.29, 0.717) is 17.9 Å². The predicted molar refractivity (Wildman–Crippen MR) is 136 cm³/mol. The van der Waals surface area contributed by atoms with Crippen LogP contribution in [-0.4, -0.2) is 31.2 Å². The molecule has 32 heavy (non-hydrogen) atoms. The lowest BCUT2D eigenvalue weighted by molar-refractivity contribution is 0.289. The minimum absolute atomic E-state index is 0.314. The van der Waals surface area contributed by atoms with Crippen LogP contribution in [-0.2, 0) is 0 Å². The molecule has 0 spiro atoms. The molecule has 0 fully saturated rings. The van der Waals surface area contributed by atoms with Gasteiger partial charge in [0.1, 0.15) is 11.5 Å². The summed E-state index contributed by atoms with van der Waals surface area (Å²) in [4.78, 5) is 2.32. The SMILES string of the molecule is CC(C)CCOc1ccc(C2=CC(C)N(C)C(c3ccc(OCCC(C)C)cc3)=C2)cc1. The van der Waals surface area contributed by atoms with Crippen molar-refractivity contribution >= 4 is 11.3 Å². The monoisotopic (exact) mass is 433 g/mol. The molecule has 1 aliphatic heterocycles. The summed E-state index contributed by atoms with van der Waals surface area (Å²) < 4.78 is 11.8. The van der Waals surface area contributed by atoms with Crippen LogP contribution in [0.25, 0.3) is 11.3 Å². The van der Waals surface area contributed by atoms with Crippen molar-refractivity contribution in [3.63, 3.8) is 0 Å². The normalized spacial score (nSPS) is 16.2. The van der Waals surface area contributed by atoms with E-state index in [9.17, 15) is 0 Å². The third kappa shape index (κ3) is 6.66. The average molecular weight is 434 g/mol. The second-order valence-electron chi connectivity index (χ2n) is 9.61. The summed E-state index contributed by atoms with van der Waals surface area (Å²) in [6.07, 6.45) is 6.75. The van der Waals surface area contributed by atoms with Crippen molar-refractivity contribution in [2.45, 2.75) is 53.5 Å². The first-order valence-corrected chi connectivity index (χ1v) is 12.0. The van der Waals surface area contributed by atoms with Crippen LogP contribution < -0.4 is 9.47 Å². The molecule has 3 nitrogen and oxygen atoms in total. The molecule has 0 N–H and O–H groups in total. The van der Waals surface area contributed by atoms with Crippen molar-refractivity contribution in [3.8, 4) is 11.5 Å². The first kappa shape index (κ1) is 24.0. The van der Waals surface area contributed by atoms with E-state index in [2.05, 4.69) is 107 Å². The third-order valence-electron chi connectivity index (χ3n) is 5.97. The second-order valence-corrected chi connectivity index (χ2v) is 9.61. The van der Waals surface area contributed by atoms with Gasteiger partial charge in [-0.3, -0.25) is 0 Å². The Balaban J connectivity index is 1.72. The van der Waals surface area contributed by atoms with Gasteiger partial charge < -0.3 is 14.4 Å². The van der Waals surface area contributed by atoms with E-state index in [-0.39, 0.29) is 0 Å². The fourth-order valence-electron chi connectivity index (χ4n) is 3.65. The smallest absolute Gasteiger partial charge is 0.119 e. The molecule has 2 aromatic carbocycles. The predicted octanol–water partition coefficient (Wildman–Crippen LogP) is 7.29. The molecule has 2 aromatic rings. The summed E-state index contributed by atoms with van der Waals surface area (Å²) in [5, 5.41) is 0. The zero-order valence-electron chi connectivity index (χ0n) is 20.6. The molecule has 0 saturated carbocycles. The van der Waals surface area contributed by atoms with E-state index in [4.69, 9.17) is 9.47 Å². The van der Waals surface area contributed by atoms with Crippen LogP contribution >= 0.6 is 0 Å². The quantitative estimate of drug-likeness (QED) is 0.392. The zero-order chi connectivity index (χ0) is 23.1. The summed E-state index contributed by atoms with van der Waals surface area (Å²) in [5.41, 5.74) is 4.89. The van der Waals surface area contributed by atoms with Gasteiger partial charge in [-0.2, -0.15) is 0 Å². The van der Waals surface area contributed by atoms with Gasteiger partial charge in [0.25, 0.3) is 0 Å². The molecule has 0 bridgehead atoms. The lowest BCUT2D eigenvalue weighted by atomic mass is 9.95. The maximum Gasteiger partial charge on any atom is 0.119 e. The van der Waals surface area contributed by atoms with Gasteiger partial charge in [0.2, 0.25) is 0 Å². The van der Waals surface area contributed by atoms with Crippen LogP contribution in [0.15, 0.2) is 60.7 Å². The van der Waals surface area contributed by atoms with E-state index in [1.54, 1.807) is 0 Å². The molecule has 172 valence electrons. The summed E-state index contributed by atoms with van der Waals surface area (Å²) in [6.45, 7) is 12.6. The Morgan fingerprint density at radius 2 is 1.22 bits per heavy atom. The van der Waals surface area contributed by atoms with Gasteiger partial charge in [-0.1, -0.05) is 45.9 Å². The standard InChI is InChI=1S/C29H39NO2/c1-21(2)15-17-31-27-11-7-24(8-12-27)26-19-23(5)30(6)29(20-26)25-9-13-28(14-10-25)32-18-16-22(3)4/h7-14,19-23H,15-18H2,1-6H3. The van der Waals surface area contributed by atoms with Crippen molar-refractivity contribution < 1.29 is 9.47 Å². The summed E-state index contributed by atoms with van der Waals surface area (Å²) >= 11 is 0. The highest BCUT2D eigenvalue weighted by Gasteiger charge is 2.19. The molecule has 1 atom stereocenters. The third-order valence-corrected chi connectivity index (χ3v) is 5.97. The minimum atomic E-state index is 0.314. The number of benzene rings is 2. The maximum atomic E-state index is 5.89. The van der Waals surface area contributed by atoms with Gasteiger partial charge in [0, 0.05) is 18.8 Å². The molecule has 1 aliphatic rings. The Labute approximate surface area is 194 Å². The van der Waals surface area contributed by atoms with Gasteiger partial charge in [-0.25, -0.2) is 0 Å². The van der Waals surface area contributed by atoms with Gasteiger partial charge in [0.15, 0.2) is 0 Å². The van der Waals surface area contributed by atoms with Crippen molar-refractivity contribution in [2.24, 2.45) is 11.8 Å². The molecule has 1 heterocycles. The molecule has 1 unspecified atom stereocenters. The molecule has 3 heteroatoms. The van der Waals surface area contributed by atoms with Crippen LogP contribution in [0.4, 0.5) is 0 Å². The largest absolute Gasteiger partial charge is 0.494 e. The highest BCUT2D eigenvalue weighted by Crippen LogP contribution is 2.32. The first-order chi connectivity index (χ1) is 15.3. The van der Waals surface area contributed by atoms with Crippen LogP contribution in [0.3, 0.4) is 0 Å². The van der Waals surface area contributed by atoms with Crippen LogP contribution in [0.5, 0.6) is 11.5 Å². The van der Waals surface area contributed by atoms with Gasteiger partial charge in [-0.05, 0) is 90.8 Å². The van der Waals surface area contributed by atoms with Gasteiger partial charge >= 0.3 is 0 Å². The molecular weight excluding hydrogens is 394 g/mol. The van der Waals surface area contributed by atoms with Crippen molar-refractivity contribution in [2.75, 3.05) is 20.3 Å². The number of hydrogen-bond acceptors (Lipinski definition) is 3. The van der Waals surface area contributed by atoms with E-state index in [0.717, 1.165) is 37.6 Å². The highest BCUT2D eigenvalue weighted by atomic mass is 16.5.